The number of carboxylic acid groups (broad SMARTS) is 1. The van der Waals surface area contributed by atoms with Gasteiger partial charge in [0, 0.05) is 32.0 Å². The third-order valence-corrected chi connectivity index (χ3v) is 7.56. The van der Waals surface area contributed by atoms with E-state index in [4.69, 9.17) is 37.9 Å². The molecular weight excluding hydrogens is 536 g/mol. The lowest BCUT2D eigenvalue weighted by molar-refractivity contribution is -0.506. The van der Waals surface area contributed by atoms with Gasteiger partial charge in [0.05, 0.1) is 19.8 Å². The number of benzene rings is 2. The number of aliphatic hydroxyl groups is 1. The molecule has 7 atom stereocenters. The number of hydrogen-bond acceptors (Lipinski definition) is 10. The first-order chi connectivity index (χ1) is 19.8. The van der Waals surface area contributed by atoms with Crippen molar-refractivity contribution in [3.8, 4) is 11.1 Å². The van der Waals surface area contributed by atoms with Gasteiger partial charge in [-0.2, -0.15) is 0 Å². The predicted molar refractivity (Wildman–Crippen MR) is 144 cm³/mol. The molecule has 0 saturated carbocycles. The van der Waals surface area contributed by atoms with Gasteiger partial charge in [-0.3, -0.25) is 0 Å². The number of rotatable bonds is 12. The summed E-state index contributed by atoms with van der Waals surface area (Å²) in [6.45, 7) is 3.66. The zero-order valence-electron chi connectivity index (χ0n) is 23.7. The fourth-order valence-electron chi connectivity index (χ4n) is 5.98. The molecule has 41 heavy (non-hydrogen) atoms. The molecule has 0 bridgehead atoms. The minimum absolute atomic E-state index is 0.0725. The van der Waals surface area contributed by atoms with Crippen LogP contribution < -0.4 is 0 Å². The zero-order chi connectivity index (χ0) is 29.2. The number of carbonyl (C=O) groups is 1. The molecule has 2 heterocycles. The van der Waals surface area contributed by atoms with Crippen molar-refractivity contribution in [2.45, 2.75) is 56.1 Å². The maximum absolute atomic E-state index is 11.4. The Bertz CT molecular complexity index is 1200. The highest BCUT2D eigenvalue weighted by Gasteiger charge is 2.70. The van der Waals surface area contributed by atoms with Crippen molar-refractivity contribution in [1.29, 1.82) is 0 Å². The van der Waals surface area contributed by atoms with E-state index in [0.717, 1.165) is 11.1 Å². The summed E-state index contributed by atoms with van der Waals surface area (Å²) >= 11 is 0. The minimum Gasteiger partial charge on any atom is -0.480 e. The first-order valence-electron chi connectivity index (χ1n) is 13.8. The van der Waals surface area contributed by atoms with Gasteiger partial charge >= 0.3 is 5.97 Å². The summed E-state index contributed by atoms with van der Waals surface area (Å²) in [5, 5.41) is 18.9. The van der Waals surface area contributed by atoms with Crippen molar-refractivity contribution in [3.05, 3.63) is 59.7 Å². The van der Waals surface area contributed by atoms with Gasteiger partial charge in [-0.1, -0.05) is 62.4 Å². The van der Waals surface area contributed by atoms with Gasteiger partial charge < -0.3 is 48.1 Å². The van der Waals surface area contributed by atoms with Gasteiger partial charge in [0.1, 0.15) is 31.0 Å². The molecule has 1 unspecified atom stereocenters. The molecular formula is C30H38O11. The molecule has 2 saturated heterocycles. The number of aliphatic hydroxyl groups excluding tert-OH is 1. The van der Waals surface area contributed by atoms with Gasteiger partial charge in [0.25, 0.3) is 11.6 Å². The summed E-state index contributed by atoms with van der Waals surface area (Å²) < 4.78 is 50.4. The van der Waals surface area contributed by atoms with Crippen LogP contribution in [0.1, 0.15) is 25.0 Å². The van der Waals surface area contributed by atoms with E-state index in [-0.39, 0.29) is 25.7 Å². The third kappa shape index (κ3) is 5.20. The molecule has 0 aromatic heterocycles. The monoisotopic (exact) mass is 574 g/mol. The van der Waals surface area contributed by atoms with Crippen LogP contribution in [0.4, 0.5) is 0 Å². The molecule has 2 aliphatic heterocycles. The SMILES string of the molecule is CO[C@@]12O[C@H]3[C@H](O[C@@]1(OC)c1ccccc1-c1ccccc12)[C@@H](COCC(C)C)OC(OCC(=O)O)[C@H]3OCCO. The second-order valence-electron chi connectivity index (χ2n) is 10.6. The second kappa shape index (κ2) is 12.4. The average Bonchev–Trinajstić information content (AvgIpc) is 2.98. The molecule has 5 rings (SSSR count). The maximum Gasteiger partial charge on any atom is 0.329 e. The zero-order valence-corrected chi connectivity index (χ0v) is 23.7. The molecule has 11 nitrogen and oxygen atoms in total. The highest BCUT2D eigenvalue weighted by molar-refractivity contribution is 5.76. The number of aliphatic carboxylic acids is 1. The van der Waals surface area contributed by atoms with Crippen LogP contribution in [0.3, 0.4) is 0 Å². The summed E-state index contributed by atoms with van der Waals surface area (Å²) in [6, 6.07) is 15.4. The van der Waals surface area contributed by atoms with Crippen LogP contribution in [0.25, 0.3) is 11.1 Å². The minimum atomic E-state index is -1.60. The topological polar surface area (TPSA) is 131 Å². The summed E-state index contributed by atoms with van der Waals surface area (Å²) in [6.07, 6.45) is -4.62. The predicted octanol–water partition coefficient (Wildman–Crippen LogP) is 2.63. The fraction of sp³-hybridized carbons (Fsp3) is 0.567. The number of hydrogen-bond donors (Lipinski definition) is 2. The standard InChI is InChI=1S/C30H38O11/c1-18(2)15-36-16-23-25-26(27(37-14-13-31)28(39-23)38-17-24(32)33)41-30(35-4)22-12-8-6-10-20(22)19-9-5-7-11-21(19)29(30,34-3)40-25/h5-12,18,23,25-28,31H,13-17H2,1-4H3,(H,32,33)/t23-,25-,26+,27+,28?,29+,30+/m1/s1. The molecule has 2 aromatic carbocycles. The van der Waals surface area contributed by atoms with Crippen LogP contribution in [0, 0.1) is 5.92 Å². The summed E-state index contributed by atoms with van der Waals surface area (Å²) in [4.78, 5) is 11.4. The van der Waals surface area contributed by atoms with Crippen LogP contribution in [0.5, 0.6) is 0 Å². The van der Waals surface area contributed by atoms with Crippen LogP contribution in [0.15, 0.2) is 48.5 Å². The third-order valence-electron chi connectivity index (χ3n) is 7.56. The molecule has 2 aromatic rings. The molecule has 0 radical (unpaired) electrons. The molecule has 2 fully saturated rings. The quantitative estimate of drug-likeness (QED) is 0.388. The van der Waals surface area contributed by atoms with Gasteiger partial charge in [-0.05, 0) is 17.0 Å². The van der Waals surface area contributed by atoms with Crippen LogP contribution in [-0.2, 0) is 54.3 Å². The van der Waals surface area contributed by atoms with Crippen LogP contribution >= 0.6 is 0 Å². The van der Waals surface area contributed by atoms with E-state index in [0.29, 0.717) is 17.7 Å². The second-order valence-corrected chi connectivity index (χ2v) is 10.6. The van der Waals surface area contributed by atoms with Crippen molar-refractivity contribution in [3.63, 3.8) is 0 Å². The first-order valence-corrected chi connectivity index (χ1v) is 13.8. The highest BCUT2D eigenvalue weighted by Crippen LogP contribution is 2.60. The van der Waals surface area contributed by atoms with Crippen molar-refractivity contribution in [2.75, 3.05) is 47.3 Å². The van der Waals surface area contributed by atoms with E-state index in [2.05, 4.69) is 0 Å². The average molecular weight is 575 g/mol. The Hall–Kier alpha value is -2.45. The lowest BCUT2D eigenvalue weighted by atomic mass is 9.75. The Kier molecular flexibility index (Phi) is 9.10. The molecule has 1 aliphatic carbocycles. The molecule has 224 valence electrons. The van der Waals surface area contributed by atoms with E-state index < -0.39 is 54.9 Å². The Morgan fingerprint density at radius 3 is 2.05 bits per heavy atom. The summed E-state index contributed by atoms with van der Waals surface area (Å²) in [7, 11) is 3.06. The summed E-state index contributed by atoms with van der Waals surface area (Å²) in [5.74, 6) is -4.07. The number of fused-ring (bicyclic) bond motifs is 7. The van der Waals surface area contributed by atoms with Crippen LogP contribution in [0.2, 0.25) is 0 Å². The molecule has 0 spiro atoms. The van der Waals surface area contributed by atoms with Crippen molar-refractivity contribution in [1.82, 2.24) is 0 Å². The van der Waals surface area contributed by atoms with E-state index in [1.165, 1.54) is 14.2 Å². The Balaban J connectivity index is 1.64. The number of methoxy groups -OCH3 is 2. The van der Waals surface area contributed by atoms with E-state index >= 15 is 0 Å². The maximum atomic E-state index is 11.4. The van der Waals surface area contributed by atoms with E-state index in [9.17, 15) is 15.0 Å². The molecule has 11 heteroatoms. The normalized spacial score (nSPS) is 32.1. The lowest BCUT2D eigenvalue weighted by Crippen LogP contribution is -2.73. The Morgan fingerprint density at radius 1 is 0.927 bits per heavy atom. The summed E-state index contributed by atoms with van der Waals surface area (Å²) in [5.41, 5.74) is 3.18. The number of ether oxygens (including phenoxy) is 8. The van der Waals surface area contributed by atoms with Crippen molar-refractivity contribution < 1.29 is 52.9 Å². The largest absolute Gasteiger partial charge is 0.480 e. The van der Waals surface area contributed by atoms with E-state index in [1.807, 2.05) is 62.4 Å². The van der Waals surface area contributed by atoms with Gasteiger partial charge in [0.2, 0.25) is 0 Å². The van der Waals surface area contributed by atoms with Gasteiger partial charge in [-0.25, -0.2) is 4.79 Å². The molecule has 2 N–H and O–H groups in total. The van der Waals surface area contributed by atoms with E-state index in [1.54, 1.807) is 0 Å². The van der Waals surface area contributed by atoms with Crippen molar-refractivity contribution in [2.24, 2.45) is 5.92 Å². The van der Waals surface area contributed by atoms with Crippen LogP contribution in [-0.4, -0.2) is 94.1 Å². The Morgan fingerprint density at radius 2 is 1.51 bits per heavy atom. The highest BCUT2D eigenvalue weighted by atomic mass is 16.8. The smallest absolute Gasteiger partial charge is 0.329 e. The van der Waals surface area contributed by atoms with Gasteiger partial charge in [0.15, 0.2) is 6.29 Å². The lowest BCUT2D eigenvalue weighted by Gasteiger charge is -2.60. The van der Waals surface area contributed by atoms with Crippen molar-refractivity contribution >= 4 is 5.97 Å². The van der Waals surface area contributed by atoms with Gasteiger partial charge in [-0.15, -0.1) is 0 Å². The first kappa shape index (κ1) is 30.0. The molecule has 3 aliphatic rings. The molecule has 0 amide bonds. The Labute approximate surface area is 239 Å². The number of carboxylic acids is 1. The fourth-order valence-corrected chi connectivity index (χ4v) is 5.98.